The number of rotatable bonds is 4. The van der Waals surface area contributed by atoms with Gasteiger partial charge >= 0.3 is 18.0 Å². The highest BCUT2D eigenvalue weighted by Crippen LogP contribution is 2.29. The van der Waals surface area contributed by atoms with Gasteiger partial charge in [-0.2, -0.15) is 0 Å². The zero-order valence-electron chi connectivity index (χ0n) is 12.5. The van der Waals surface area contributed by atoms with Crippen molar-refractivity contribution in [1.82, 2.24) is 10.6 Å². The molecule has 1 atom stereocenters. The largest absolute Gasteiger partial charge is 0.469 e. The topological polar surface area (TPSA) is 93.7 Å². The van der Waals surface area contributed by atoms with Crippen LogP contribution in [0, 0.1) is 0 Å². The van der Waals surface area contributed by atoms with Gasteiger partial charge in [-0.05, 0) is 17.7 Å². The first-order valence-electron chi connectivity index (χ1n) is 6.67. The zero-order valence-corrected chi connectivity index (χ0v) is 13.3. The molecular weight excluding hydrogens is 324 g/mol. The lowest BCUT2D eigenvalue weighted by atomic mass is 9.94. The van der Waals surface area contributed by atoms with Gasteiger partial charge in [0.15, 0.2) is 0 Å². The van der Waals surface area contributed by atoms with E-state index in [2.05, 4.69) is 15.4 Å². The quantitative estimate of drug-likeness (QED) is 0.815. The molecule has 2 rings (SSSR count). The van der Waals surface area contributed by atoms with Crippen molar-refractivity contribution in [3.63, 3.8) is 0 Å². The van der Waals surface area contributed by atoms with Crippen molar-refractivity contribution >= 4 is 29.6 Å². The number of methoxy groups -OCH3 is 2. The summed E-state index contributed by atoms with van der Waals surface area (Å²) in [4.78, 5) is 35.6. The van der Waals surface area contributed by atoms with Gasteiger partial charge in [0.25, 0.3) is 0 Å². The van der Waals surface area contributed by atoms with E-state index >= 15 is 0 Å². The van der Waals surface area contributed by atoms with E-state index in [1.807, 2.05) is 0 Å². The Bertz CT molecular complexity index is 669. The number of ether oxygens (including phenoxy) is 2. The molecule has 1 unspecified atom stereocenters. The van der Waals surface area contributed by atoms with Crippen molar-refractivity contribution < 1.29 is 23.9 Å². The molecule has 2 amide bonds. The SMILES string of the molecule is COC(=O)CC1=C(C(=O)OC)C(c2ccc(Cl)cc2)NC(=O)N1. The zero-order chi connectivity index (χ0) is 17.0. The van der Waals surface area contributed by atoms with E-state index in [9.17, 15) is 14.4 Å². The summed E-state index contributed by atoms with van der Waals surface area (Å²) in [7, 11) is 2.45. The van der Waals surface area contributed by atoms with E-state index in [-0.39, 0.29) is 17.7 Å². The maximum atomic E-state index is 12.2. The second kappa shape index (κ2) is 7.15. The van der Waals surface area contributed by atoms with Crippen LogP contribution in [0.1, 0.15) is 18.0 Å². The minimum absolute atomic E-state index is 0.139. The third kappa shape index (κ3) is 3.81. The van der Waals surface area contributed by atoms with E-state index in [1.165, 1.54) is 14.2 Å². The molecule has 1 heterocycles. The van der Waals surface area contributed by atoms with Crippen LogP contribution < -0.4 is 10.6 Å². The summed E-state index contributed by atoms with van der Waals surface area (Å²) in [6.45, 7) is 0. The van der Waals surface area contributed by atoms with Crippen LogP contribution in [-0.4, -0.2) is 32.2 Å². The Kier molecular flexibility index (Phi) is 5.23. The van der Waals surface area contributed by atoms with Gasteiger partial charge in [0.05, 0.1) is 32.3 Å². The Morgan fingerprint density at radius 3 is 2.39 bits per heavy atom. The van der Waals surface area contributed by atoms with Crippen LogP contribution in [0.3, 0.4) is 0 Å². The van der Waals surface area contributed by atoms with Crippen LogP contribution in [0.5, 0.6) is 0 Å². The van der Waals surface area contributed by atoms with Crippen LogP contribution in [0.15, 0.2) is 35.5 Å². The molecule has 0 saturated heterocycles. The smallest absolute Gasteiger partial charge is 0.337 e. The molecule has 7 nitrogen and oxygen atoms in total. The predicted molar refractivity (Wildman–Crippen MR) is 81.5 cm³/mol. The van der Waals surface area contributed by atoms with E-state index in [0.29, 0.717) is 10.6 Å². The van der Waals surface area contributed by atoms with Gasteiger partial charge in [0, 0.05) is 10.7 Å². The van der Waals surface area contributed by atoms with Crippen molar-refractivity contribution in [2.24, 2.45) is 0 Å². The minimum Gasteiger partial charge on any atom is -0.469 e. The van der Waals surface area contributed by atoms with Crippen LogP contribution in [0.2, 0.25) is 5.02 Å². The highest BCUT2D eigenvalue weighted by molar-refractivity contribution is 6.30. The lowest BCUT2D eigenvalue weighted by Gasteiger charge is -2.28. The number of esters is 2. The molecule has 0 radical (unpaired) electrons. The standard InChI is InChI=1S/C15H15ClN2O5/c1-22-11(19)7-10-12(14(20)23-2)13(18-15(21)17-10)8-3-5-9(16)6-4-8/h3-6,13H,7H2,1-2H3,(H2,17,18,21). The molecule has 0 aliphatic carbocycles. The van der Waals surface area contributed by atoms with Crippen LogP contribution >= 0.6 is 11.6 Å². The number of amides is 2. The van der Waals surface area contributed by atoms with Crippen LogP contribution in [-0.2, 0) is 19.1 Å². The highest BCUT2D eigenvalue weighted by Gasteiger charge is 2.34. The predicted octanol–water partition coefficient (Wildman–Crippen LogP) is 1.68. The third-order valence-electron chi connectivity index (χ3n) is 3.31. The summed E-state index contributed by atoms with van der Waals surface area (Å²) >= 11 is 5.86. The number of nitrogens with one attached hydrogen (secondary N) is 2. The minimum atomic E-state index is -0.756. The molecule has 122 valence electrons. The van der Waals surface area contributed by atoms with Crippen molar-refractivity contribution in [3.05, 3.63) is 46.1 Å². The first-order valence-corrected chi connectivity index (χ1v) is 7.05. The molecule has 1 aromatic carbocycles. The molecule has 0 fully saturated rings. The first-order chi connectivity index (χ1) is 11.0. The van der Waals surface area contributed by atoms with Gasteiger partial charge in [-0.1, -0.05) is 23.7 Å². The Morgan fingerprint density at radius 1 is 1.17 bits per heavy atom. The number of halogens is 1. The summed E-state index contributed by atoms with van der Waals surface area (Å²) in [6.07, 6.45) is -0.252. The van der Waals surface area contributed by atoms with Crippen LogP contribution in [0.4, 0.5) is 4.79 Å². The van der Waals surface area contributed by atoms with Crippen molar-refractivity contribution in [1.29, 1.82) is 0 Å². The summed E-state index contributed by atoms with van der Waals surface area (Å²) in [5, 5.41) is 5.62. The molecule has 0 bridgehead atoms. The number of hydrogen-bond acceptors (Lipinski definition) is 5. The van der Waals surface area contributed by atoms with Gasteiger partial charge in [0.1, 0.15) is 0 Å². The number of urea groups is 1. The molecule has 0 saturated carbocycles. The summed E-state index contributed by atoms with van der Waals surface area (Å²) < 4.78 is 9.37. The molecule has 2 N–H and O–H groups in total. The van der Waals surface area contributed by atoms with Gasteiger partial charge in [-0.15, -0.1) is 0 Å². The third-order valence-corrected chi connectivity index (χ3v) is 3.56. The fourth-order valence-corrected chi connectivity index (χ4v) is 2.36. The monoisotopic (exact) mass is 338 g/mol. The Morgan fingerprint density at radius 2 is 1.83 bits per heavy atom. The van der Waals surface area contributed by atoms with E-state index in [1.54, 1.807) is 24.3 Å². The molecule has 1 aliphatic heterocycles. The molecule has 1 aliphatic rings. The number of benzene rings is 1. The molecule has 8 heteroatoms. The molecule has 0 aromatic heterocycles. The van der Waals surface area contributed by atoms with Gasteiger partial charge < -0.3 is 20.1 Å². The van der Waals surface area contributed by atoms with Crippen molar-refractivity contribution in [2.75, 3.05) is 14.2 Å². The van der Waals surface area contributed by atoms with Crippen LogP contribution in [0.25, 0.3) is 0 Å². The van der Waals surface area contributed by atoms with E-state index < -0.39 is 24.0 Å². The summed E-state index contributed by atoms with van der Waals surface area (Å²) in [5.41, 5.74) is 0.916. The lowest BCUT2D eigenvalue weighted by Crippen LogP contribution is -2.46. The molecular formula is C15H15ClN2O5. The average molecular weight is 339 g/mol. The Hall–Kier alpha value is -2.54. The fourth-order valence-electron chi connectivity index (χ4n) is 2.23. The van der Waals surface area contributed by atoms with Crippen molar-refractivity contribution in [3.8, 4) is 0 Å². The normalized spacial score (nSPS) is 17.2. The van der Waals surface area contributed by atoms with Gasteiger partial charge in [-0.3, -0.25) is 4.79 Å². The number of hydrogen-bond donors (Lipinski definition) is 2. The summed E-state index contributed by atoms with van der Waals surface area (Å²) in [5.74, 6) is -1.24. The fraction of sp³-hybridized carbons (Fsp3) is 0.267. The second-order valence-corrected chi connectivity index (χ2v) is 5.16. The average Bonchev–Trinajstić information content (AvgIpc) is 2.54. The van der Waals surface area contributed by atoms with E-state index in [4.69, 9.17) is 16.3 Å². The molecule has 1 aromatic rings. The number of carbonyl (C=O) groups excluding carboxylic acids is 3. The second-order valence-electron chi connectivity index (χ2n) is 4.72. The van der Waals surface area contributed by atoms with E-state index in [0.717, 1.165) is 0 Å². The maximum Gasteiger partial charge on any atom is 0.337 e. The summed E-state index contributed by atoms with van der Waals surface area (Å²) in [6, 6.07) is 5.35. The van der Waals surface area contributed by atoms with Gasteiger partial charge in [0.2, 0.25) is 0 Å². The molecule has 23 heavy (non-hydrogen) atoms. The maximum absolute atomic E-state index is 12.2. The Balaban J connectivity index is 2.50. The highest BCUT2D eigenvalue weighted by atomic mass is 35.5. The van der Waals surface area contributed by atoms with Crippen molar-refractivity contribution in [2.45, 2.75) is 12.5 Å². The molecule has 0 spiro atoms. The van der Waals surface area contributed by atoms with Gasteiger partial charge in [-0.25, -0.2) is 9.59 Å². The number of carbonyl (C=O) groups is 3. The first kappa shape index (κ1) is 16.8. The Labute approximate surface area is 137 Å². The lowest BCUT2D eigenvalue weighted by molar-refractivity contribution is -0.139.